The van der Waals surface area contributed by atoms with E-state index in [1.165, 1.54) is 0 Å². The summed E-state index contributed by atoms with van der Waals surface area (Å²) in [5, 5.41) is 9.88. The van der Waals surface area contributed by atoms with Crippen LogP contribution < -0.4 is 0 Å². The van der Waals surface area contributed by atoms with Gasteiger partial charge in [0.05, 0.1) is 0 Å². The molecule has 0 bridgehead atoms. The van der Waals surface area contributed by atoms with Gasteiger partial charge in [-0.3, -0.25) is 0 Å². The zero-order valence-electron chi connectivity index (χ0n) is 11.1. The molecule has 1 saturated heterocycles. The molecule has 1 aliphatic rings. The van der Waals surface area contributed by atoms with E-state index >= 15 is 0 Å². The third kappa shape index (κ3) is 8.12. The first-order chi connectivity index (χ1) is 8.55. The summed E-state index contributed by atoms with van der Waals surface area (Å²) in [7, 11) is -4.21. The van der Waals surface area contributed by atoms with E-state index < -0.39 is 41.8 Å². The molecule has 7 nitrogen and oxygen atoms in total. The second-order valence-corrected chi connectivity index (χ2v) is 14.1. The maximum absolute atomic E-state index is 11.7. The van der Waals surface area contributed by atoms with Crippen molar-refractivity contribution < 1.29 is 31.3 Å². The first-order valence-electron chi connectivity index (χ1n) is 5.99. The van der Waals surface area contributed by atoms with E-state index in [2.05, 4.69) is 0 Å². The van der Waals surface area contributed by atoms with E-state index in [0.29, 0.717) is 11.6 Å². The van der Waals surface area contributed by atoms with Crippen LogP contribution in [0.15, 0.2) is 0 Å². The van der Waals surface area contributed by atoms with Gasteiger partial charge in [0.1, 0.15) is 0 Å². The van der Waals surface area contributed by atoms with Crippen LogP contribution in [-0.2, 0) is 23.3 Å². The van der Waals surface area contributed by atoms with Crippen LogP contribution >= 0.6 is 0 Å². The van der Waals surface area contributed by atoms with Gasteiger partial charge in [0.15, 0.2) is 0 Å². The van der Waals surface area contributed by atoms with Crippen LogP contribution in [0.2, 0.25) is 16.6 Å². The van der Waals surface area contributed by atoms with E-state index in [1.54, 1.807) is 11.4 Å². The molecule has 19 heavy (non-hydrogen) atoms. The van der Waals surface area contributed by atoms with Crippen LogP contribution in [0.25, 0.3) is 0 Å². The standard InChI is InChI=1S/C10H21AsO7S/c1-11(2,13)5-9-3-4-10(18-9)17-6-8(12)7-19(14,15)16/h8-10,12H,3-7H2,1-2H3,(H,14,15,16)/t8?,9-,10+/m0/s1. The number of hydrogen-bond donors (Lipinski definition) is 2. The zero-order chi connectivity index (χ0) is 14.7. The molecule has 0 amide bonds. The predicted octanol–water partition coefficient (Wildman–Crippen LogP) is 0.392. The second-order valence-electron chi connectivity index (χ2n) is 5.26. The summed E-state index contributed by atoms with van der Waals surface area (Å²) in [6.07, 6.45) is -0.525. The molecule has 114 valence electrons. The summed E-state index contributed by atoms with van der Waals surface area (Å²) in [5.41, 5.74) is 3.51. The average molecular weight is 360 g/mol. The Labute approximate surface area is 115 Å². The molecule has 1 heterocycles. The van der Waals surface area contributed by atoms with Crippen molar-refractivity contribution in [3.63, 3.8) is 0 Å². The predicted molar refractivity (Wildman–Crippen MR) is 69.2 cm³/mol. The molecule has 0 aromatic heterocycles. The molecule has 0 spiro atoms. The molecule has 1 rings (SSSR count). The van der Waals surface area contributed by atoms with E-state index in [9.17, 15) is 17.3 Å². The van der Waals surface area contributed by atoms with Gasteiger partial charge in [0.25, 0.3) is 0 Å². The Morgan fingerprint density at radius 3 is 2.58 bits per heavy atom. The van der Waals surface area contributed by atoms with Gasteiger partial charge in [-0.15, -0.1) is 0 Å². The van der Waals surface area contributed by atoms with E-state index in [1.807, 2.05) is 0 Å². The average Bonchev–Trinajstić information content (AvgIpc) is 2.57. The number of rotatable bonds is 7. The van der Waals surface area contributed by atoms with Crippen LogP contribution in [0.5, 0.6) is 0 Å². The van der Waals surface area contributed by atoms with Crippen molar-refractivity contribution in [1.82, 2.24) is 0 Å². The molecule has 2 N–H and O–H groups in total. The molecule has 9 heteroatoms. The summed E-state index contributed by atoms with van der Waals surface area (Å²) >= 11 is -2.74. The monoisotopic (exact) mass is 360 g/mol. The number of aliphatic hydroxyl groups excluding tert-OH is 1. The van der Waals surface area contributed by atoms with Gasteiger partial charge in [-0.2, -0.15) is 0 Å². The van der Waals surface area contributed by atoms with Crippen molar-refractivity contribution in [1.29, 1.82) is 0 Å². The molecule has 1 unspecified atom stereocenters. The van der Waals surface area contributed by atoms with E-state index in [0.717, 1.165) is 6.42 Å². The molecule has 0 radical (unpaired) electrons. The SMILES string of the molecule is C[As](C)(=O)C[C@@H]1CC[C@H](OCC(O)CS(=O)(=O)O)O1. The molecule has 1 aliphatic heterocycles. The number of ether oxygens (including phenoxy) is 2. The van der Waals surface area contributed by atoms with Crippen molar-refractivity contribution in [2.75, 3.05) is 12.4 Å². The fourth-order valence-corrected chi connectivity index (χ4v) is 5.13. The van der Waals surface area contributed by atoms with Crippen LogP contribution in [-0.4, -0.2) is 62.4 Å². The van der Waals surface area contributed by atoms with Crippen molar-refractivity contribution in [3.05, 3.63) is 0 Å². The van der Waals surface area contributed by atoms with Crippen molar-refractivity contribution in [2.45, 2.75) is 48.0 Å². The summed E-state index contributed by atoms with van der Waals surface area (Å²) in [4.78, 5) is 0. The van der Waals surface area contributed by atoms with Crippen molar-refractivity contribution in [2.24, 2.45) is 0 Å². The summed E-state index contributed by atoms with van der Waals surface area (Å²) in [6, 6.07) is 0. The Kier molecular flexibility index (Phi) is 6.10. The summed E-state index contributed by atoms with van der Waals surface area (Å²) in [6.45, 7) is -0.224. The fraction of sp³-hybridized carbons (Fsp3) is 1.00. The summed E-state index contributed by atoms with van der Waals surface area (Å²) < 4.78 is 52.0. The Balaban J connectivity index is 2.27. The van der Waals surface area contributed by atoms with Crippen LogP contribution in [0.4, 0.5) is 0 Å². The third-order valence-electron chi connectivity index (χ3n) is 2.59. The Bertz CT molecular complexity index is 429. The Morgan fingerprint density at radius 2 is 2.05 bits per heavy atom. The molecule has 0 aromatic carbocycles. The number of hydrogen-bond acceptors (Lipinski definition) is 6. The van der Waals surface area contributed by atoms with Crippen LogP contribution in [0.1, 0.15) is 12.8 Å². The molecular formula is C10H21AsO7S. The van der Waals surface area contributed by atoms with Crippen LogP contribution in [0.3, 0.4) is 0 Å². The third-order valence-corrected chi connectivity index (χ3v) is 6.09. The molecule has 0 aliphatic carbocycles. The van der Waals surface area contributed by atoms with E-state index in [4.69, 9.17) is 14.0 Å². The summed E-state index contributed by atoms with van der Waals surface area (Å²) in [5.74, 6) is -0.759. The van der Waals surface area contributed by atoms with E-state index in [-0.39, 0.29) is 12.7 Å². The first kappa shape index (κ1) is 17.2. The van der Waals surface area contributed by atoms with Crippen LogP contribution in [0, 0.1) is 0 Å². The van der Waals surface area contributed by atoms with Gasteiger partial charge in [-0.25, -0.2) is 0 Å². The zero-order valence-corrected chi connectivity index (χ0v) is 13.8. The van der Waals surface area contributed by atoms with Gasteiger partial charge in [-0.1, -0.05) is 0 Å². The number of aliphatic hydroxyl groups is 1. The topological polar surface area (TPSA) is 110 Å². The van der Waals surface area contributed by atoms with Crippen molar-refractivity contribution >= 4 is 23.6 Å². The minimum absolute atomic E-state index is 0.0938. The molecule has 1 fully saturated rings. The second kappa shape index (κ2) is 6.74. The Hall–Kier alpha value is 0.148. The maximum atomic E-state index is 11.7. The van der Waals surface area contributed by atoms with Gasteiger partial charge in [0.2, 0.25) is 0 Å². The molecule has 0 saturated carbocycles. The van der Waals surface area contributed by atoms with Crippen molar-refractivity contribution in [3.8, 4) is 0 Å². The fourth-order valence-electron chi connectivity index (χ4n) is 1.93. The molecule has 0 aromatic rings. The first-order valence-corrected chi connectivity index (χ1v) is 13.4. The Morgan fingerprint density at radius 1 is 1.42 bits per heavy atom. The molecular weight excluding hydrogens is 339 g/mol. The van der Waals surface area contributed by atoms with Gasteiger partial charge in [-0.05, 0) is 0 Å². The molecule has 3 atom stereocenters. The minimum atomic E-state index is -4.21. The van der Waals surface area contributed by atoms with Gasteiger partial charge < -0.3 is 0 Å². The van der Waals surface area contributed by atoms with Gasteiger partial charge >= 0.3 is 115 Å². The quantitative estimate of drug-likeness (QED) is 0.499. The van der Waals surface area contributed by atoms with Gasteiger partial charge in [0, 0.05) is 0 Å². The normalized spacial score (nSPS) is 26.5.